The Morgan fingerprint density at radius 3 is 2.37 bits per heavy atom. The van der Waals surface area contributed by atoms with E-state index in [4.69, 9.17) is 10.3 Å². The van der Waals surface area contributed by atoms with Crippen LogP contribution in [0.4, 0.5) is 0 Å². The highest BCUT2D eigenvalue weighted by Crippen LogP contribution is 2.30. The van der Waals surface area contributed by atoms with Gasteiger partial charge in [-0.05, 0) is 17.4 Å². The molecule has 102 valence electrons. The SMILES string of the molecule is CCc1ccc(-c2noc([C@@H](N)C(C)(C)C)n2)cc1. The van der Waals surface area contributed by atoms with Crippen molar-refractivity contribution in [2.75, 3.05) is 0 Å². The van der Waals surface area contributed by atoms with Gasteiger partial charge in [-0.25, -0.2) is 0 Å². The van der Waals surface area contributed by atoms with Crippen molar-refractivity contribution < 1.29 is 4.52 Å². The van der Waals surface area contributed by atoms with Crippen molar-refractivity contribution in [1.82, 2.24) is 10.1 Å². The van der Waals surface area contributed by atoms with E-state index in [1.165, 1.54) is 5.56 Å². The van der Waals surface area contributed by atoms with Gasteiger partial charge in [-0.1, -0.05) is 57.1 Å². The second-order valence-electron chi connectivity index (χ2n) is 5.85. The van der Waals surface area contributed by atoms with E-state index in [1.807, 2.05) is 12.1 Å². The van der Waals surface area contributed by atoms with Crippen LogP contribution in [0.5, 0.6) is 0 Å². The second kappa shape index (κ2) is 5.13. The summed E-state index contributed by atoms with van der Waals surface area (Å²) < 4.78 is 5.28. The third kappa shape index (κ3) is 3.01. The number of nitrogens with two attached hydrogens (primary N) is 1. The number of aromatic nitrogens is 2. The predicted octanol–water partition coefficient (Wildman–Crippen LogP) is 3.34. The molecule has 0 aliphatic carbocycles. The maximum atomic E-state index is 6.11. The third-order valence-electron chi connectivity index (χ3n) is 3.26. The molecule has 0 saturated carbocycles. The normalized spacial score (nSPS) is 13.5. The highest BCUT2D eigenvalue weighted by Gasteiger charge is 2.27. The maximum Gasteiger partial charge on any atom is 0.244 e. The van der Waals surface area contributed by atoms with Gasteiger partial charge in [-0.15, -0.1) is 0 Å². The quantitative estimate of drug-likeness (QED) is 0.918. The zero-order chi connectivity index (χ0) is 14.0. The monoisotopic (exact) mass is 259 g/mol. The number of nitrogens with zero attached hydrogens (tertiary/aromatic N) is 2. The van der Waals surface area contributed by atoms with Gasteiger partial charge in [0.25, 0.3) is 0 Å². The maximum absolute atomic E-state index is 6.11. The first-order valence-electron chi connectivity index (χ1n) is 6.60. The molecule has 0 radical (unpaired) electrons. The molecule has 1 atom stereocenters. The van der Waals surface area contributed by atoms with Gasteiger partial charge >= 0.3 is 0 Å². The van der Waals surface area contributed by atoms with Crippen LogP contribution in [0.1, 0.15) is 45.2 Å². The molecular weight excluding hydrogens is 238 g/mol. The van der Waals surface area contributed by atoms with Crippen LogP contribution >= 0.6 is 0 Å². The summed E-state index contributed by atoms with van der Waals surface area (Å²) in [6.07, 6.45) is 1.02. The summed E-state index contributed by atoms with van der Waals surface area (Å²) in [5, 5.41) is 4.01. The fraction of sp³-hybridized carbons (Fsp3) is 0.467. The van der Waals surface area contributed by atoms with Gasteiger partial charge in [0, 0.05) is 5.56 Å². The molecule has 2 aromatic rings. The van der Waals surface area contributed by atoms with Crippen molar-refractivity contribution >= 4 is 0 Å². The molecule has 0 aliphatic rings. The molecule has 4 heteroatoms. The van der Waals surface area contributed by atoms with Crippen LogP contribution in [0.15, 0.2) is 28.8 Å². The number of hydrogen-bond donors (Lipinski definition) is 1. The van der Waals surface area contributed by atoms with Gasteiger partial charge in [-0.3, -0.25) is 0 Å². The molecule has 0 spiro atoms. The lowest BCUT2D eigenvalue weighted by molar-refractivity contribution is 0.253. The average Bonchev–Trinajstić information content (AvgIpc) is 2.86. The van der Waals surface area contributed by atoms with E-state index in [9.17, 15) is 0 Å². The summed E-state index contributed by atoms with van der Waals surface area (Å²) in [5.41, 5.74) is 8.25. The van der Waals surface area contributed by atoms with Crippen molar-refractivity contribution in [1.29, 1.82) is 0 Å². The van der Waals surface area contributed by atoms with E-state index in [0.29, 0.717) is 11.7 Å². The van der Waals surface area contributed by atoms with Crippen LogP contribution in [-0.4, -0.2) is 10.1 Å². The van der Waals surface area contributed by atoms with E-state index < -0.39 is 0 Å². The van der Waals surface area contributed by atoms with E-state index in [1.54, 1.807) is 0 Å². The van der Waals surface area contributed by atoms with Crippen LogP contribution in [0.2, 0.25) is 0 Å². The molecule has 0 fully saturated rings. The summed E-state index contributed by atoms with van der Waals surface area (Å²) in [4.78, 5) is 4.40. The Labute approximate surface area is 114 Å². The van der Waals surface area contributed by atoms with Crippen LogP contribution < -0.4 is 5.73 Å². The molecule has 0 unspecified atom stereocenters. The molecule has 0 bridgehead atoms. The Balaban J connectivity index is 2.25. The van der Waals surface area contributed by atoms with Crippen molar-refractivity contribution in [3.63, 3.8) is 0 Å². The van der Waals surface area contributed by atoms with Crippen molar-refractivity contribution in [3.05, 3.63) is 35.7 Å². The molecular formula is C15H21N3O. The summed E-state index contributed by atoms with van der Waals surface area (Å²) in [6.45, 7) is 8.29. The van der Waals surface area contributed by atoms with Crippen LogP contribution in [0.25, 0.3) is 11.4 Å². The lowest BCUT2D eigenvalue weighted by atomic mass is 9.87. The van der Waals surface area contributed by atoms with Gasteiger partial charge in [-0.2, -0.15) is 4.98 Å². The Kier molecular flexibility index (Phi) is 3.71. The Hall–Kier alpha value is -1.68. The van der Waals surface area contributed by atoms with Crippen molar-refractivity contribution in [2.45, 2.75) is 40.2 Å². The zero-order valence-electron chi connectivity index (χ0n) is 12.0. The number of aryl methyl sites for hydroxylation is 1. The summed E-state index contributed by atoms with van der Waals surface area (Å²) in [6, 6.07) is 7.92. The van der Waals surface area contributed by atoms with E-state index >= 15 is 0 Å². The van der Waals surface area contributed by atoms with Gasteiger partial charge in [0.1, 0.15) is 0 Å². The van der Waals surface area contributed by atoms with Gasteiger partial charge in [0.2, 0.25) is 11.7 Å². The molecule has 2 N–H and O–H groups in total. The van der Waals surface area contributed by atoms with E-state index in [-0.39, 0.29) is 11.5 Å². The molecule has 0 saturated heterocycles. The third-order valence-corrected chi connectivity index (χ3v) is 3.26. The highest BCUT2D eigenvalue weighted by atomic mass is 16.5. The molecule has 1 heterocycles. The molecule has 4 nitrogen and oxygen atoms in total. The van der Waals surface area contributed by atoms with Crippen molar-refractivity contribution in [3.8, 4) is 11.4 Å². The summed E-state index contributed by atoms with van der Waals surface area (Å²) in [7, 11) is 0. The number of benzene rings is 1. The lowest BCUT2D eigenvalue weighted by Gasteiger charge is -2.23. The molecule has 0 aliphatic heterocycles. The summed E-state index contributed by atoms with van der Waals surface area (Å²) >= 11 is 0. The lowest BCUT2D eigenvalue weighted by Crippen LogP contribution is -2.26. The fourth-order valence-corrected chi connectivity index (χ4v) is 1.74. The van der Waals surface area contributed by atoms with Crippen LogP contribution in [0, 0.1) is 5.41 Å². The highest BCUT2D eigenvalue weighted by molar-refractivity contribution is 5.54. The zero-order valence-corrected chi connectivity index (χ0v) is 12.0. The van der Waals surface area contributed by atoms with Crippen molar-refractivity contribution in [2.24, 2.45) is 11.1 Å². The van der Waals surface area contributed by atoms with E-state index in [2.05, 4.69) is 50.0 Å². The minimum Gasteiger partial charge on any atom is -0.337 e. The second-order valence-corrected chi connectivity index (χ2v) is 5.85. The molecule has 0 amide bonds. The minimum atomic E-state index is -0.260. The first-order chi connectivity index (χ1) is 8.91. The standard InChI is InChI=1S/C15H21N3O/c1-5-10-6-8-11(9-7-10)13-17-14(19-18-13)12(16)15(2,3)4/h6-9,12H,5,16H2,1-4H3/t12-/m1/s1. The molecule has 1 aromatic carbocycles. The molecule has 1 aromatic heterocycles. The molecule has 2 rings (SSSR count). The first kappa shape index (κ1) is 13.7. The Morgan fingerprint density at radius 2 is 1.84 bits per heavy atom. The van der Waals surface area contributed by atoms with Crippen LogP contribution in [0.3, 0.4) is 0 Å². The smallest absolute Gasteiger partial charge is 0.244 e. The average molecular weight is 259 g/mol. The summed E-state index contributed by atoms with van der Waals surface area (Å²) in [5.74, 6) is 1.08. The Bertz CT molecular complexity index is 537. The number of rotatable bonds is 3. The number of hydrogen-bond acceptors (Lipinski definition) is 4. The van der Waals surface area contributed by atoms with Gasteiger partial charge < -0.3 is 10.3 Å². The molecule has 19 heavy (non-hydrogen) atoms. The first-order valence-corrected chi connectivity index (χ1v) is 6.60. The minimum absolute atomic E-state index is 0.101. The van der Waals surface area contributed by atoms with Gasteiger partial charge in [0.15, 0.2) is 0 Å². The van der Waals surface area contributed by atoms with Gasteiger partial charge in [0.05, 0.1) is 6.04 Å². The Morgan fingerprint density at radius 1 is 1.21 bits per heavy atom. The topological polar surface area (TPSA) is 64.9 Å². The predicted molar refractivity (Wildman–Crippen MR) is 75.5 cm³/mol. The van der Waals surface area contributed by atoms with E-state index in [0.717, 1.165) is 12.0 Å². The van der Waals surface area contributed by atoms with Crippen LogP contribution in [-0.2, 0) is 6.42 Å². The fourth-order valence-electron chi connectivity index (χ4n) is 1.74. The largest absolute Gasteiger partial charge is 0.337 e.